The van der Waals surface area contributed by atoms with Crippen molar-refractivity contribution in [1.29, 1.82) is 0 Å². The lowest BCUT2D eigenvalue weighted by Gasteiger charge is -2.06. The van der Waals surface area contributed by atoms with Crippen LogP contribution in [0.3, 0.4) is 0 Å². The van der Waals surface area contributed by atoms with Gasteiger partial charge in [0, 0.05) is 6.04 Å². The second kappa shape index (κ2) is 4.42. The zero-order chi connectivity index (χ0) is 7.28. The van der Waals surface area contributed by atoms with E-state index < -0.39 is 0 Å². The molecule has 0 fully saturated rings. The normalized spacial score (nSPS) is 30.7. The second-order valence-corrected chi connectivity index (χ2v) is 2.17. The van der Waals surface area contributed by atoms with Gasteiger partial charge in [-0.2, -0.15) is 0 Å². The molecule has 2 atom stereocenters. The highest BCUT2D eigenvalue weighted by Gasteiger charge is 2.10. The van der Waals surface area contributed by atoms with Crippen molar-refractivity contribution < 1.29 is 0 Å². The zero-order valence-electron chi connectivity index (χ0n) is 6.81. The average molecular weight is 127 g/mol. The Hall–Kier alpha value is -0.460. The summed E-state index contributed by atoms with van der Waals surface area (Å²) in [5, 5.41) is 3.19. The van der Waals surface area contributed by atoms with E-state index in [9.17, 15) is 0 Å². The fourth-order valence-electron chi connectivity index (χ4n) is 0.678. The van der Waals surface area contributed by atoms with E-state index in [2.05, 4.69) is 25.2 Å². The van der Waals surface area contributed by atoms with Crippen LogP contribution in [-0.2, 0) is 0 Å². The molecule has 1 N–H and O–H groups in total. The van der Waals surface area contributed by atoms with E-state index in [1.807, 2.05) is 20.0 Å². The van der Waals surface area contributed by atoms with E-state index in [0.29, 0.717) is 6.04 Å². The summed E-state index contributed by atoms with van der Waals surface area (Å²) in [5.41, 5.74) is 0. The molecule has 0 aliphatic carbocycles. The maximum absolute atomic E-state index is 3.19. The minimum Gasteiger partial charge on any atom is -0.388 e. The Morgan fingerprint density at radius 1 is 1.22 bits per heavy atom. The highest BCUT2D eigenvalue weighted by Crippen LogP contribution is 2.08. The molecule has 1 aliphatic heterocycles. The van der Waals surface area contributed by atoms with Crippen LogP contribution in [0, 0.1) is 5.92 Å². The first kappa shape index (κ1) is 8.54. The van der Waals surface area contributed by atoms with Gasteiger partial charge in [-0.05, 0) is 19.0 Å². The molecule has 1 rings (SSSR count). The summed E-state index contributed by atoms with van der Waals surface area (Å²) in [6.07, 6.45) is 4.21. The molecule has 0 amide bonds. The molecular formula is C8H17N. The first-order valence-corrected chi connectivity index (χ1v) is 3.73. The van der Waals surface area contributed by atoms with Gasteiger partial charge in [0.05, 0.1) is 0 Å². The zero-order valence-corrected chi connectivity index (χ0v) is 6.81. The summed E-state index contributed by atoms with van der Waals surface area (Å²) in [4.78, 5) is 0. The van der Waals surface area contributed by atoms with Gasteiger partial charge in [-0.25, -0.2) is 0 Å². The second-order valence-electron chi connectivity index (χ2n) is 2.17. The quantitative estimate of drug-likeness (QED) is 0.525. The molecule has 0 aromatic carbocycles. The molecule has 0 aromatic heterocycles. The Balaban J connectivity index is 0.000000291. The Kier molecular flexibility index (Phi) is 4.20. The fourth-order valence-corrected chi connectivity index (χ4v) is 0.678. The summed E-state index contributed by atoms with van der Waals surface area (Å²) in [7, 11) is 0. The van der Waals surface area contributed by atoms with Gasteiger partial charge >= 0.3 is 0 Å². The van der Waals surface area contributed by atoms with E-state index in [-0.39, 0.29) is 0 Å². The van der Waals surface area contributed by atoms with Crippen LogP contribution >= 0.6 is 0 Å². The van der Waals surface area contributed by atoms with E-state index in [0.717, 1.165) is 5.92 Å². The lowest BCUT2D eigenvalue weighted by atomic mass is 10.1. The summed E-state index contributed by atoms with van der Waals surface area (Å²) in [5.74, 6) is 0.722. The molecule has 1 heterocycles. The summed E-state index contributed by atoms with van der Waals surface area (Å²) in [6, 6.07) is 0.653. The molecule has 0 spiro atoms. The summed E-state index contributed by atoms with van der Waals surface area (Å²) >= 11 is 0. The van der Waals surface area contributed by atoms with E-state index in [4.69, 9.17) is 0 Å². The molecular weight excluding hydrogens is 110 g/mol. The van der Waals surface area contributed by atoms with Gasteiger partial charge in [-0.3, -0.25) is 0 Å². The fraction of sp³-hybridized carbons (Fsp3) is 0.750. The van der Waals surface area contributed by atoms with Crippen molar-refractivity contribution in [3.8, 4) is 0 Å². The number of nitrogens with one attached hydrogen (secondary N) is 1. The van der Waals surface area contributed by atoms with Crippen molar-refractivity contribution in [1.82, 2.24) is 5.32 Å². The molecule has 0 radical (unpaired) electrons. The number of hydrogen-bond donors (Lipinski definition) is 1. The van der Waals surface area contributed by atoms with E-state index in [1.54, 1.807) is 0 Å². The van der Waals surface area contributed by atoms with E-state index >= 15 is 0 Å². The van der Waals surface area contributed by atoms with Gasteiger partial charge < -0.3 is 5.32 Å². The molecule has 1 aliphatic rings. The molecule has 2 unspecified atom stereocenters. The summed E-state index contributed by atoms with van der Waals surface area (Å²) < 4.78 is 0. The largest absolute Gasteiger partial charge is 0.388 e. The van der Waals surface area contributed by atoms with Crippen LogP contribution in [0.4, 0.5) is 0 Å². The molecule has 0 saturated carbocycles. The number of rotatable bonds is 0. The Morgan fingerprint density at radius 2 is 1.78 bits per heavy atom. The van der Waals surface area contributed by atoms with Crippen LogP contribution in [-0.4, -0.2) is 6.04 Å². The summed E-state index contributed by atoms with van der Waals surface area (Å²) in [6.45, 7) is 8.39. The highest BCUT2D eigenvalue weighted by atomic mass is 14.9. The Bertz CT molecular complexity index is 86.6. The predicted molar refractivity (Wildman–Crippen MR) is 42.2 cm³/mol. The van der Waals surface area contributed by atoms with Crippen molar-refractivity contribution in [3.63, 3.8) is 0 Å². The SMILES string of the molecule is CC.CC1C=CNC1C. The van der Waals surface area contributed by atoms with Gasteiger partial charge in [0.25, 0.3) is 0 Å². The minimum atomic E-state index is 0.653. The Morgan fingerprint density at radius 3 is 1.89 bits per heavy atom. The van der Waals surface area contributed by atoms with Gasteiger partial charge in [-0.1, -0.05) is 26.8 Å². The van der Waals surface area contributed by atoms with Crippen LogP contribution in [0.2, 0.25) is 0 Å². The van der Waals surface area contributed by atoms with Gasteiger partial charge in [0.15, 0.2) is 0 Å². The van der Waals surface area contributed by atoms with Crippen LogP contribution in [0.15, 0.2) is 12.3 Å². The molecule has 1 heteroatoms. The first-order chi connectivity index (χ1) is 4.30. The van der Waals surface area contributed by atoms with Crippen molar-refractivity contribution in [2.45, 2.75) is 33.7 Å². The predicted octanol–water partition coefficient (Wildman–Crippen LogP) is 2.15. The smallest absolute Gasteiger partial charge is 0.0288 e. The molecule has 0 saturated heterocycles. The molecule has 9 heavy (non-hydrogen) atoms. The highest BCUT2D eigenvalue weighted by molar-refractivity contribution is 4.98. The third kappa shape index (κ3) is 2.54. The van der Waals surface area contributed by atoms with Crippen LogP contribution in [0.1, 0.15) is 27.7 Å². The van der Waals surface area contributed by atoms with Crippen molar-refractivity contribution in [3.05, 3.63) is 12.3 Å². The van der Waals surface area contributed by atoms with Crippen LogP contribution in [0.25, 0.3) is 0 Å². The first-order valence-electron chi connectivity index (χ1n) is 3.73. The average Bonchev–Trinajstić information content (AvgIpc) is 2.23. The van der Waals surface area contributed by atoms with Crippen LogP contribution < -0.4 is 5.32 Å². The van der Waals surface area contributed by atoms with Gasteiger partial charge in [0.2, 0.25) is 0 Å². The van der Waals surface area contributed by atoms with Crippen molar-refractivity contribution in [2.24, 2.45) is 5.92 Å². The van der Waals surface area contributed by atoms with Gasteiger partial charge in [-0.15, -0.1) is 0 Å². The standard InChI is InChI=1S/C6H11N.C2H6/c1-5-3-4-7-6(5)2;1-2/h3-7H,1-2H3;1-2H3. The molecule has 54 valence electrons. The maximum Gasteiger partial charge on any atom is 0.0288 e. The maximum atomic E-state index is 3.19. The van der Waals surface area contributed by atoms with E-state index in [1.165, 1.54) is 0 Å². The van der Waals surface area contributed by atoms with Crippen molar-refractivity contribution >= 4 is 0 Å². The third-order valence-electron chi connectivity index (χ3n) is 1.55. The minimum absolute atomic E-state index is 0.653. The third-order valence-corrected chi connectivity index (χ3v) is 1.55. The van der Waals surface area contributed by atoms with Gasteiger partial charge in [0.1, 0.15) is 0 Å². The van der Waals surface area contributed by atoms with Crippen LogP contribution in [0.5, 0.6) is 0 Å². The molecule has 0 aromatic rings. The number of hydrogen-bond acceptors (Lipinski definition) is 1. The molecule has 1 nitrogen and oxygen atoms in total. The lowest BCUT2D eigenvalue weighted by molar-refractivity contribution is 0.556. The Labute approximate surface area is 58.2 Å². The van der Waals surface area contributed by atoms with Crippen molar-refractivity contribution in [2.75, 3.05) is 0 Å². The molecule has 0 bridgehead atoms. The topological polar surface area (TPSA) is 12.0 Å². The lowest BCUT2D eigenvalue weighted by Crippen LogP contribution is -2.19. The monoisotopic (exact) mass is 127 g/mol.